The van der Waals surface area contributed by atoms with Crippen LogP contribution in [0.3, 0.4) is 0 Å². The zero-order valence-corrected chi connectivity index (χ0v) is 47.5. The number of nitrogens with two attached hydrogens (primary N) is 2. The van der Waals surface area contributed by atoms with E-state index in [9.17, 15) is 58.5 Å². The van der Waals surface area contributed by atoms with E-state index in [1.807, 2.05) is 36.4 Å². The van der Waals surface area contributed by atoms with Crippen molar-refractivity contribution in [2.45, 2.75) is 127 Å². The highest BCUT2D eigenvalue weighted by molar-refractivity contribution is 7.99. The lowest BCUT2D eigenvalue weighted by Crippen LogP contribution is -2.62. The van der Waals surface area contributed by atoms with Crippen LogP contribution in [-0.4, -0.2) is 170 Å². The van der Waals surface area contributed by atoms with Gasteiger partial charge in [-0.2, -0.15) is 0 Å². The minimum absolute atomic E-state index is 0.0296. The molecule has 0 saturated carbocycles. The Balaban J connectivity index is 1.66. The third kappa shape index (κ3) is 23.1. The first-order valence-electron chi connectivity index (χ1n) is 26.5. The third-order valence-electron chi connectivity index (χ3n) is 12.7. The largest absolute Gasteiger partial charge is 0.394 e. The number of para-hydroxylation sites is 1. The van der Waals surface area contributed by atoms with Crippen LogP contribution in [-0.2, 0) is 62.4 Å². The number of hydrogen-bond donors (Lipinski definition) is 15. The van der Waals surface area contributed by atoms with Gasteiger partial charge in [-0.3, -0.25) is 43.2 Å². The van der Waals surface area contributed by atoms with Gasteiger partial charge in [0, 0.05) is 55.3 Å². The summed E-state index contributed by atoms with van der Waals surface area (Å²) in [4.78, 5) is 126. The van der Waals surface area contributed by atoms with Gasteiger partial charge in [0.2, 0.25) is 53.2 Å². The number of carbonyl (C=O) groups excluding carboxylic acids is 9. The third-order valence-corrected chi connectivity index (χ3v) is 14.5. The van der Waals surface area contributed by atoms with E-state index in [1.54, 1.807) is 54.7 Å². The molecule has 26 heteroatoms. The van der Waals surface area contributed by atoms with E-state index in [1.165, 1.54) is 27.7 Å². The quantitative estimate of drug-likeness (QED) is 0.0183. The monoisotopic (exact) mass is 1160 g/mol. The second kappa shape index (κ2) is 34.9. The fourth-order valence-corrected chi connectivity index (χ4v) is 9.94. The molecule has 1 aromatic heterocycles. The zero-order chi connectivity index (χ0) is 59.4. The highest BCUT2D eigenvalue weighted by Gasteiger charge is 2.36. The Morgan fingerprint density at radius 1 is 0.543 bits per heavy atom. The number of aliphatic hydroxyl groups excluding tert-OH is 3. The molecule has 9 amide bonds. The number of carbonyl (C=O) groups is 9. The Kier molecular flexibility index (Phi) is 28.7. The molecule has 442 valence electrons. The molecule has 0 aliphatic heterocycles. The van der Waals surface area contributed by atoms with Crippen LogP contribution >= 0.6 is 23.5 Å². The molecular weight excluding hydrogens is 1080 g/mol. The van der Waals surface area contributed by atoms with E-state index in [0.29, 0.717) is 24.0 Å². The summed E-state index contributed by atoms with van der Waals surface area (Å²) in [5.74, 6) is -6.52. The van der Waals surface area contributed by atoms with Gasteiger partial charge in [0.25, 0.3) is 0 Å². The summed E-state index contributed by atoms with van der Waals surface area (Å²) in [5, 5.41) is 55.3. The molecule has 10 atom stereocenters. The van der Waals surface area contributed by atoms with Crippen molar-refractivity contribution in [3.8, 4) is 0 Å². The molecule has 0 radical (unpaired) electrons. The number of unbranched alkanes of at least 4 members (excludes halogenated alkanes) is 1. The maximum absolute atomic E-state index is 14.9. The van der Waals surface area contributed by atoms with Gasteiger partial charge in [-0.1, -0.05) is 78.9 Å². The van der Waals surface area contributed by atoms with Crippen LogP contribution in [0.2, 0.25) is 0 Å². The van der Waals surface area contributed by atoms with Crippen LogP contribution in [0.1, 0.15) is 63.6 Å². The van der Waals surface area contributed by atoms with Gasteiger partial charge < -0.3 is 79.6 Å². The molecule has 3 aromatic carbocycles. The molecule has 17 N–H and O–H groups in total. The van der Waals surface area contributed by atoms with Crippen molar-refractivity contribution < 1.29 is 58.5 Å². The van der Waals surface area contributed by atoms with Crippen molar-refractivity contribution in [1.82, 2.24) is 52.8 Å². The summed E-state index contributed by atoms with van der Waals surface area (Å²) in [6, 6.07) is 14.3. The highest BCUT2D eigenvalue weighted by Crippen LogP contribution is 2.20. The fourth-order valence-electron chi connectivity index (χ4n) is 8.15. The Morgan fingerprint density at radius 3 is 1.54 bits per heavy atom. The van der Waals surface area contributed by atoms with Crippen LogP contribution in [0.15, 0.2) is 91.1 Å². The van der Waals surface area contributed by atoms with Crippen LogP contribution in [0.5, 0.6) is 0 Å². The number of thioether (sulfide) groups is 2. The number of hydrogen-bond acceptors (Lipinski definition) is 16. The van der Waals surface area contributed by atoms with Crippen LogP contribution in [0, 0.1) is 0 Å². The van der Waals surface area contributed by atoms with E-state index in [4.69, 9.17) is 11.5 Å². The van der Waals surface area contributed by atoms with E-state index < -0.39 is 108 Å². The summed E-state index contributed by atoms with van der Waals surface area (Å²) in [7, 11) is 0. The predicted octanol–water partition coefficient (Wildman–Crippen LogP) is -1.55. The number of rotatable bonds is 35. The summed E-state index contributed by atoms with van der Waals surface area (Å²) in [6.45, 7) is 4.78. The molecule has 0 bridgehead atoms. The van der Waals surface area contributed by atoms with Gasteiger partial charge in [0.05, 0.1) is 42.7 Å². The standard InChI is InChI=1S/C55H78N12O12S2/c1-32(69)45(27-68)64-54(78)47(29-81-31-60-35(4)72)66-55(79)48(33(2)70)67-50(74)42(21-13-14-22-56)61-52(76)44(25-38-26-58-41-20-12-11-19-39(38)41)63-51(75)43(24-37-17-9-6-10-18-37)62-53(77)46(28-80-30-59-34(3)71)65-49(73)40(57)23-36-15-7-5-8-16-36/h5-12,15-20,26,32-33,40,42-48,58,68-70H,13-14,21-25,27-31,56-57H2,1-4H3,(H,59,71)(H,60,72)(H,61,76)(H,62,77)(H,63,75)(H,64,78)(H,65,73)(H,66,79)(H,67,74)/t32-,33-,40-,42+,43+,44-,45-,46+,47+,48+/m1/s1. The minimum Gasteiger partial charge on any atom is -0.394 e. The predicted molar refractivity (Wildman–Crippen MR) is 309 cm³/mol. The van der Waals surface area contributed by atoms with Crippen molar-refractivity contribution >= 4 is 87.6 Å². The van der Waals surface area contributed by atoms with Crippen molar-refractivity contribution in [2.75, 3.05) is 36.4 Å². The van der Waals surface area contributed by atoms with Gasteiger partial charge in [-0.25, -0.2) is 0 Å². The smallest absolute Gasteiger partial charge is 0.245 e. The van der Waals surface area contributed by atoms with E-state index in [0.717, 1.165) is 40.0 Å². The first kappa shape index (κ1) is 66.4. The summed E-state index contributed by atoms with van der Waals surface area (Å²) < 4.78 is 0. The number of nitrogens with one attached hydrogen (secondary N) is 10. The normalized spacial score (nSPS) is 14.9. The number of benzene rings is 3. The average molecular weight is 1160 g/mol. The first-order valence-corrected chi connectivity index (χ1v) is 28.8. The van der Waals surface area contributed by atoms with E-state index in [2.05, 4.69) is 52.8 Å². The van der Waals surface area contributed by atoms with Crippen LogP contribution < -0.4 is 59.3 Å². The molecular formula is C55H78N12O12S2. The Hall–Kier alpha value is -7.07. The van der Waals surface area contributed by atoms with Crippen LogP contribution in [0.4, 0.5) is 0 Å². The van der Waals surface area contributed by atoms with Crippen LogP contribution in [0.25, 0.3) is 10.9 Å². The molecule has 24 nitrogen and oxygen atoms in total. The number of amides is 9. The lowest BCUT2D eigenvalue weighted by atomic mass is 10.0. The topological polar surface area (TPSA) is 390 Å². The Labute approximate surface area is 479 Å². The minimum atomic E-state index is -1.71. The summed E-state index contributed by atoms with van der Waals surface area (Å²) in [6.07, 6.45) is -0.471. The molecule has 0 unspecified atom stereocenters. The van der Waals surface area contributed by atoms with Gasteiger partial charge >= 0.3 is 0 Å². The van der Waals surface area contributed by atoms with Gasteiger partial charge in [0.1, 0.15) is 36.3 Å². The van der Waals surface area contributed by atoms with Crippen molar-refractivity contribution in [2.24, 2.45) is 11.5 Å². The molecule has 0 fully saturated rings. The van der Waals surface area contributed by atoms with E-state index >= 15 is 0 Å². The second-order valence-corrected chi connectivity index (χ2v) is 21.5. The zero-order valence-electron chi connectivity index (χ0n) is 45.9. The number of aromatic nitrogens is 1. The molecule has 1 heterocycles. The number of fused-ring (bicyclic) bond motifs is 1. The molecule has 4 aromatic rings. The Bertz CT molecular complexity index is 2690. The van der Waals surface area contributed by atoms with Crippen molar-refractivity contribution in [3.63, 3.8) is 0 Å². The maximum atomic E-state index is 14.9. The summed E-state index contributed by atoms with van der Waals surface area (Å²) >= 11 is 2.20. The molecule has 81 heavy (non-hydrogen) atoms. The lowest BCUT2D eigenvalue weighted by molar-refractivity contribution is -0.136. The van der Waals surface area contributed by atoms with Crippen molar-refractivity contribution in [1.29, 1.82) is 0 Å². The molecule has 0 saturated heterocycles. The Morgan fingerprint density at radius 2 is 1.01 bits per heavy atom. The molecule has 0 aliphatic rings. The van der Waals surface area contributed by atoms with Gasteiger partial charge in [-0.05, 0) is 68.8 Å². The fraction of sp³-hybridized carbons (Fsp3) is 0.473. The highest BCUT2D eigenvalue weighted by atomic mass is 32.2. The molecule has 0 spiro atoms. The molecule has 4 rings (SSSR count). The van der Waals surface area contributed by atoms with Crippen molar-refractivity contribution in [3.05, 3.63) is 108 Å². The number of aliphatic hydroxyl groups is 3. The second-order valence-electron chi connectivity index (χ2n) is 19.4. The summed E-state index contributed by atoms with van der Waals surface area (Å²) in [5.41, 5.74) is 14.9. The van der Waals surface area contributed by atoms with Gasteiger partial charge in [0.15, 0.2) is 0 Å². The number of aromatic amines is 1. The maximum Gasteiger partial charge on any atom is 0.245 e. The lowest BCUT2D eigenvalue weighted by Gasteiger charge is -2.29. The first-order chi connectivity index (χ1) is 38.7. The molecule has 0 aliphatic carbocycles. The van der Waals surface area contributed by atoms with E-state index in [-0.39, 0.29) is 67.3 Å². The average Bonchev–Trinajstić information content (AvgIpc) is 3.85. The number of H-pyrrole nitrogens is 1. The SMILES string of the molecule is CC(=O)NCSC[C@H](NC(=O)[C@H](N)Cc1ccccc1)C(=O)N[C@@H](Cc1ccccc1)C(=O)N[C@H](Cc1c[nH]c2ccccc12)C(=O)N[C@@H](CCCCN)C(=O)N[C@H](C(=O)N[C@@H](CSCNC(C)=O)C(=O)N[C@H](CO)[C@@H](C)O)[C@@H](C)O. The van der Waals surface area contributed by atoms with Gasteiger partial charge in [-0.15, -0.1) is 23.5 Å².